The zero-order chi connectivity index (χ0) is 28.7. The van der Waals surface area contributed by atoms with Crippen LogP contribution in [0.15, 0.2) is 53.1 Å². The van der Waals surface area contributed by atoms with Crippen LogP contribution >= 0.6 is 0 Å². The summed E-state index contributed by atoms with van der Waals surface area (Å²) in [5, 5.41) is 14.2. The summed E-state index contributed by atoms with van der Waals surface area (Å²) in [5.74, 6) is 1.67. The zero-order valence-corrected chi connectivity index (χ0v) is 24.6. The second-order valence-corrected chi connectivity index (χ2v) is 16.0. The van der Waals surface area contributed by atoms with Crippen molar-refractivity contribution in [3.63, 3.8) is 0 Å². The molecule has 0 saturated carbocycles. The van der Waals surface area contributed by atoms with Gasteiger partial charge in [-0.2, -0.15) is 9.78 Å². The molecule has 11 heteroatoms. The number of fused-ring (bicyclic) bond motifs is 1. The summed E-state index contributed by atoms with van der Waals surface area (Å²) < 4.78 is 14.3. The van der Waals surface area contributed by atoms with Crippen LogP contribution in [0.4, 0.5) is 5.95 Å². The highest BCUT2D eigenvalue weighted by atomic mass is 28.4. The Hall–Kier alpha value is -4.40. The van der Waals surface area contributed by atoms with E-state index in [9.17, 15) is 5.26 Å². The van der Waals surface area contributed by atoms with E-state index in [4.69, 9.17) is 29.5 Å². The van der Waals surface area contributed by atoms with Crippen molar-refractivity contribution in [2.24, 2.45) is 0 Å². The van der Waals surface area contributed by atoms with Crippen molar-refractivity contribution in [1.29, 1.82) is 5.26 Å². The maximum absolute atomic E-state index is 9.56. The first-order valence-corrected chi connectivity index (χ1v) is 15.9. The highest BCUT2D eigenvalue weighted by Crippen LogP contribution is 2.40. The molecule has 0 fully saturated rings. The third-order valence-corrected chi connectivity index (χ3v) is 11.8. The Kier molecular flexibility index (Phi) is 6.99. The monoisotopic (exact) mass is 552 g/mol. The summed E-state index contributed by atoms with van der Waals surface area (Å²) >= 11 is 0. The van der Waals surface area contributed by atoms with Crippen molar-refractivity contribution in [3.05, 3.63) is 77.3 Å². The number of pyridine rings is 1. The second kappa shape index (κ2) is 10.3. The van der Waals surface area contributed by atoms with Crippen LogP contribution in [0.3, 0.4) is 0 Å². The molecule has 0 bridgehead atoms. The largest absolute Gasteiger partial charge is 0.440 e. The molecule has 0 amide bonds. The Morgan fingerprint density at radius 1 is 1.10 bits per heavy atom. The fourth-order valence-electron chi connectivity index (χ4n) is 4.12. The molecule has 4 heterocycles. The third kappa shape index (κ3) is 5.23. The van der Waals surface area contributed by atoms with Gasteiger partial charge in [-0.05, 0) is 42.4 Å². The summed E-state index contributed by atoms with van der Waals surface area (Å²) in [6.07, 6.45) is 2.15. The molecule has 0 unspecified atom stereocenters. The number of rotatable bonds is 7. The number of nitriles is 1. The summed E-state index contributed by atoms with van der Waals surface area (Å²) in [6.45, 7) is 13.1. The Morgan fingerprint density at radius 2 is 1.90 bits per heavy atom. The van der Waals surface area contributed by atoms with Gasteiger partial charge in [0, 0.05) is 24.4 Å². The normalized spacial score (nSPS) is 12.1. The number of nitrogen functional groups attached to an aromatic ring is 1. The average molecular weight is 553 g/mol. The first kappa shape index (κ1) is 27.2. The van der Waals surface area contributed by atoms with Gasteiger partial charge in [0.2, 0.25) is 5.95 Å². The van der Waals surface area contributed by atoms with Gasteiger partial charge in [-0.25, -0.2) is 15.0 Å². The van der Waals surface area contributed by atoms with Crippen molar-refractivity contribution in [2.45, 2.75) is 58.9 Å². The van der Waals surface area contributed by atoms with E-state index in [1.54, 1.807) is 25.3 Å². The smallest absolute Gasteiger partial charge is 0.223 e. The maximum Gasteiger partial charge on any atom is 0.223 e. The van der Waals surface area contributed by atoms with Gasteiger partial charge < -0.3 is 14.6 Å². The molecular weight excluding hydrogens is 520 g/mol. The minimum absolute atomic E-state index is 0.0260. The molecule has 5 rings (SSSR count). The molecule has 10 nitrogen and oxygen atoms in total. The van der Waals surface area contributed by atoms with Crippen LogP contribution < -0.4 is 5.73 Å². The summed E-state index contributed by atoms with van der Waals surface area (Å²) in [5.41, 5.74) is 10.7. The van der Waals surface area contributed by atoms with Crippen molar-refractivity contribution < 1.29 is 8.84 Å². The SMILES string of the molecule is Cc1nc(CO[Si](C)(C)C(C)(C)C)c(-c2c(-c3cccc(C#N)c3)nc(N)n3nc(Cc4ccccn4)nc23)o1. The highest BCUT2D eigenvalue weighted by Gasteiger charge is 2.38. The van der Waals surface area contributed by atoms with Crippen molar-refractivity contribution >= 4 is 19.9 Å². The minimum atomic E-state index is -2.09. The molecule has 2 N–H and O–H groups in total. The molecule has 0 saturated heterocycles. The molecule has 1 aromatic carbocycles. The minimum Gasteiger partial charge on any atom is -0.440 e. The highest BCUT2D eigenvalue weighted by molar-refractivity contribution is 6.74. The van der Waals surface area contributed by atoms with E-state index in [2.05, 4.69) is 50.0 Å². The van der Waals surface area contributed by atoms with Crippen LogP contribution in [0.1, 0.15) is 49.4 Å². The molecule has 0 spiro atoms. The summed E-state index contributed by atoms with van der Waals surface area (Å²) in [4.78, 5) is 18.7. The Morgan fingerprint density at radius 3 is 2.60 bits per heavy atom. The van der Waals surface area contributed by atoms with Crippen LogP contribution in [-0.2, 0) is 17.5 Å². The molecule has 0 aliphatic rings. The first-order valence-electron chi connectivity index (χ1n) is 13.0. The number of nitrogens with two attached hydrogens (primary N) is 1. The van der Waals surface area contributed by atoms with Gasteiger partial charge in [-0.3, -0.25) is 4.98 Å². The fourth-order valence-corrected chi connectivity index (χ4v) is 5.05. The molecule has 5 aromatic rings. The van der Waals surface area contributed by atoms with Gasteiger partial charge in [0.1, 0.15) is 5.69 Å². The summed E-state index contributed by atoms with van der Waals surface area (Å²) in [6, 6.07) is 15.1. The molecule has 0 aliphatic heterocycles. The molecule has 0 atom stereocenters. The standard InChI is InChI=1S/C29H32N8O2Si/c1-18-33-22(17-38-40(5,6)29(2,3)4)26(39-18)24-25(20-11-9-10-19(14-20)16-30)35-28(31)37-27(24)34-23(36-37)15-21-12-7-8-13-32-21/h7-14H,15,17H2,1-6H3,(H2,31,35). The number of benzene rings is 1. The van der Waals surface area contributed by atoms with Gasteiger partial charge in [0.05, 0.1) is 35.9 Å². The molecule has 0 aliphatic carbocycles. The molecule has 40 heavy (non-hydrogen) atoms. The van der Waals surface area contributed by atoms with Crippen LogP contribution in [-0.4, -0.2) is 37.9 Å². The molecule has 204 valence electrons. The number of aromatic nitrogens is 6. The number of aryl methyl sites for hydroxylation is 1. The van der Waals surface area contributed by atoms with Crippen LogP contribution in [0.5, 0.6) is 0 Å². The summed E-state index contributed by atoms with van der Waals surface area (Å²) in [7, 11) is -2.09. The first-order chi connectivity index (χ1) is 19.0. The van der Waals surface area contributed by atoms with Gasteiger partial charge in [0.15, 0.2) is 31.4 Å². The lowest BCUT2D eigenvalue weighted by Crippen LogP contribution is -2.40. The third-order valence-electron chi connectivity index (χ3n) is 7.29. The maximum atomic E-state index is 9.56. The van der Waals surface area contributed by atoms with Gasteiger partial charge in [-0.15, -0.1) is 5.10 Å². The average Bonchev–Trinajstić information content (AvgIpc) is 3.50. The Balaban J connectivity index is 1.71. The van der Waals surface area contributed by atoms with E-state index in [-0.39, 0.29) is 17.6 Å². The number of hydrogen-bond donors (Lipinski definition) is 1. The van der Waals surface area contributed by atoms with E-state index in [1.165, 1.54) is 4.52 Å². The lowest BCUT2D eigenvalue weighted by molar-refractivity contribution is 0.272. The lowest BCUT2D eigenvalue weighted by atomic mass is 10.0. The Labute approximate surface area is 234 Å². The van der Waals surface area contributed by atoms with E-state index in [1.807, 2.05) is 30.3 Å². The van der Waals surface area contributed by atoms with E-state index in [0.717, 1.165) is 5.69 Å². The van der Waals surface area contributed by atoms with E-state index >= 15 is 0 Å². The number of anilines is 1. The lowest BCUT2D eigenvalue weighted by Gasteiger charge is -2.35. The van der Waals surface area contributed by atoms with E-state index < -0.39 is 8.32 Å². The quantitative estimate of drug-likeness (QED) is 0.251. The van der Waals surface area contributed by atoms with E-state index in [0.29, 0.717) is 57.6 Å². The van der Waals surface area contributed by atoms with Crippen molar-refractivity contribution in [1.82, 2.24) is 29.5 Å². The fraction of sp³-hybridized carbons (Fsp3) is 0.310. The molecular formula is C29H32N8O2Si. The number of hydrogen-bond acceptors (Lipinski definition) is 9. The number of nitrogens with zero attached hydrogens (tertiary/aromatic N) is 7. The van der Waals surface area contributed by atoms with Crippen LogP contribution in [0.2, 0.25) is 18.1 Å². The van der Waals surface area contributed by atoms with Crippen LogP contribution in [0, 0.1) is 18.3 Å². The van der Waals surface area contributed by atoms with Gasteiger partial charge in [-0.1, -0.05) is 39.0 Å². The Bertz CT molecular complexity index is 1730. The van der Waals surface area contributed by atoms with Crippen molar-refractivity contribution in [2.75, 3.05) is 5.73 Å². The van der Waals surface area contributed by atoms with Gasteiger partial charge in [0.25, 0.3) is 0 Å². The van der Waals surface area contributed by atoms with Gasteiger partial charge >= 0.3 is 0 Å². The second-order valence-electron chi connectivity index (χ2n) is 11.2. The zero-order valence-electron chi connectivity index (χ0n) is 23.6. The van der Waals surface area contributed by atoms with Crippen LogP contribution in [0.25, 0.3) is 28.2 Å². The van der Waals surface area contributed by atoms with Crippen molar-refractivity contribution in [3.8, 4) is 28.7 Å². The predicted octanol–water partition coefficient (Wildman–Crippen LogP) is 5.72. The molecule has 4 aromatic heterocycles. The molecule has 0 radical (unpaired) electrons. The predicted molar refractivity (Wildman–Crippen MR) is 155 cm³/mol. The number of oxazole rings is 1. The topological polar surface area (TPSA) is 141 Å².